The lowest BCUT2D eigenvalue weighted by molar-refractivity contribution is -0.141. The Hall–Kier alpha value is -3.15. The van der Waals surface area contributed by atoms with Crippen LogP contribution in [0.25, 0.3) is 5.76 Å². The highest BCUT2D eigenvalue weighted by molar-refractivity contribution is 6.46. The third-order valence-electron chi connectivity index (χ3n) is 6.53. The summed E-state index contributed by atoms with van der Waals surface area (Å²) in [4.78, 5) is 28.0. The Morgan fingerprint density at radius 1 is 1.09 bits per heavy atom. The van der Waals surface area contributed by atoms with Crippen LogP contribution < -0.4 is 4.74 Å². The molecule has 32 heavy (non-hydrogen) atoms. The SMILES string of the molecule is COc1c(C)cc(C)cc1/C(O)=C1\C(=O)C(=O)N(C2CCCCC2)C1c1ccccc1F. The summed E-state index contributed by atoms with van der Waals surface area (Å²) in [6.07, 6.45) is 4.48. The van der Waals surface area contributed by atoms with E-state index in [4.69, 9.17) is 4.74 Å². The Morgan fingerprint density at radius 3 is 2.44 bits per heavy atom. The molecule has 1 aliphatic carbocycles. The number of aliphatic hydroxyl groups excluding tert-OH is 1. The minimum atomic E-state index is -0.982. The molecular weight excluding hydrogens is 409 g/mol. The fourth-order valence-corrected chi connectivity index (χ4v) is 5.13. The molecule has 6 heteroatoms. The topological polar surface area (TPSA) is 66.8 Å². The minimum absolute atomic E-state index is 0.0889. The third kappa shape index (κ3) is 3.68. The third-order valence-corrected chi connectivity index (χ3v) is 6.53. The number of amides is 1. The van der Waals surface area contributed by atoms with Crippen LogP contribution in [0.5, 0.6) is 5.75 Å². The van der Waals surface area contributed by atoms with Gasteiger partial charge < -0.3 is 14.7 Å². The van der Waals surface area contributed by atoms with Crippen LogP contribution in [0.2, 0.25) is 0 Å². The summed E-state index contributed by atoms with van der Waals surface area (Å²) in [6, 6.07) is 8.61. The van der Waals surface area contributed by atoms with E-state index < -0.39 is 23.5 Å². The number of ether oxygens (including phenoxy) is 1. The molecule has 1 amide bonds. The predicted octanol–water partition coefficient (Wildman–Crippen LogP) is 5.21. The Kier molecular flexibility index (Phi) is 6.04. The number of methoxy groups -OCH3 is 1. The molecule has 168 valence electrons. The number of carbonyl (C=O) groups is 2. The first-order valence-corrected chi connectivity index (χ1v) is 11.0. The second kappa shape index (κ2) is 8.77. The van der Waals surface area contributed by atoms with Gasteiger partial charge in [0.1, 0.15) is 17.3 Å². The lowest BCUT2D eigenvalue weighted by atomic mass is 9.90. The number of benzene rings is 2. The van der Waals surface area contributed by atoms with Gasteiger partial charge in [-0.2, -0.15) is 0 Å². The molecule has 4 rings (SSSR count). The fraction of sp³-hybridized carbons (Fsp3) is 0.385. The van der Waals surface area contributed by atoms with E-state index in [-0.39, 0.29) is 22.9 Å². The van der Waals surface area contributed by atoms with Crippen molar-refractivity contribution in [2.45, 2.75) is 58.0 Å². The summed E-state index contributed by atoms with van der Waals surface area (Å²) in [6.45, 7) is 3.72. The summed E-state index contributed by atoms with van der Waals surface area (Å²) in [7, 11) is 1.49. The molecule has 2 aromatic rings. The van der Waals surface area contributed by atoms with Crippen molar-refractivity contribution in [3.05, 3.63) is 70.0 Å². The van der Waals surface area contributed by atoms with Crippen molar-refractivity contribution >= 4 is 17.4 Å². The normalized spacial score (nSPS) is 21.2. The molecule has 2 fully saturated rings. The second-order valence-corrected chi connectivity index (χ2v) is 8.68. The summed E-state index contributed by atoms with van der Waals surface area (Å²) in [5.41, 5.74) is 2.11. The van der Waals surface area contributed by atoms with Crippen molar-refractivity contribution in [1.29, 1.82) is 0 Å². The average Bonchev–Trinajstić information content (AvgIpc) is 3.04. The molecule has 1 heterocycles. The maximum atomic E-state index is 15.0. The molecule has 1 saturated carbocycles. The van der Waals surface area contributed by atoms with Gasteiger partial charge in [0.05, 0.1) is 24.3 Å². The van der Waals surface area contributed by atoms with Gasteiger partial charge in [-0.3, -0.25) is 9.59 Å². The van der Waals surface area contributed by atoms with E-state index in [1.165, 1.54) is 18.1 Å². The van der Waals surface area contributed by atoms with Crippen molar-refractivity contribution < 1.29 is 23.8 Å². The number of hydrogen-bond donors (Lipinski definition) is 1. The van der Waals surface area contributed by atoms with Crippen LogP contribution in [0.3, 0.4) is 0 Å². The average molecular weight is 438 g/mol. The molecular formula is C26H28FNO4. The van der Waals surface area contributed by atoms with Crippen molar-refractivity contribution in [2.75, 3.05) is 7.11 Å². The number of nitrogens with zero attached hydrogens (tertiary/aromatic N) is 1. The van der Waals surface area contributed by atoms with E-state index in [9.17, 15) is 19.1 Å². The van der Waals surface area contributed by atoms with Crippen molar-refractivity contribution in [3.63, 3.8) is 0 Å². The summed E-state index contributed by atoms with van der Waals surface area (Å²) in [5.74, 6) is -1.90. The van der Waals surface area contributed by atoms with E-state index in [0.29, 0.717) is 11.3 Å². The number of halogens is 1. The first-order valence-electron chi connectivity index (χ1n) is 11.0. The van der Waals surface area contributed by atoms with Gasteiger partial charge in [0.15, 0.2) is 0 Å². The number of rotatable bonds is 4. The van der Waals surface area contributed by atoms with Gasteiger partial charge in [-0.25, -0.2) is 4.39 Å². The number of Topliss-reactive ketones (excluding diaryl/α,β-unsaturated/α-hetero) is 1. The van der Waals surface area contributed by atoms with Crippen LogP contribution in [0.15, 0.2) is 42.0 Å². The highest BCUT2D eigenvalue weighted by Gasteiger charge is 2.49. The molecule has 1 N–H and O–H groups in total. The molecule has 1 unspecified atom stereocenters. The van der Waals surface area contributed by atoms with Crippen LogP contribution in [0.1, 0.15) is 60.4 Å². The van der Waals surface area contributed by atoms with Crippen LogP contribution in [-0.4, -0.2) is 34.8 Å². The number of aryl methyl sites for hydroxylation is 2. The lowest BCUT2D eigenvalue weighted by Crippen LogP contribution is -2.40. The molecule has 1 atom stereocenters. The first kappa shape index (κ1) is 22.1. The van der Waals surface area contributed by atoms with E-state index in [1.54, 1.807) is 24.3 Å². The van der Waals surface area contributed by atoms with Gasteiger partial charge >= 0.3 is 0 Å². The van der Waals surface area contributed by atoms with Gasteiger partial charge in [0.25, 0.3) is 11.7 Å². The Labute approximate surface area is 187 Å². The number of likely N-dealkylation sites (tertiary alicyclic amines) is 1. The van der Waals surface area contributed by atoms with E-state index >= 15 is 0 Å². The number of carbonyl (C=O) groups excluding carboxylic acids is 2. The van der Waals surface area contributed by atoms with Gasteiger partial charge in [-0.15, -0.1) is 0 Å². The van der Waals surface area contributed by atoms with E-state index in [1.807, 2.05) is 19.9 Å². The van der Waals surface area contributed by atoms with Crippen LogP contribution in [0, 0.1) is 19.7 Å². The standard InChI is InChI=1S/C26H28FNO4/c1-15-13-16(2)25(32-3)19(14-15)23(29)21-22(18-11-7-8-12-20(18)27)28(26(31)24(21)30)17-9-5-4-6-10-17/h7-8,11-14,17,22,29H,4-6,9-10H2,1-3H3/b23-21+. The first-order chi connectivity index (χ1) is 15.3. The molecule has 0 aromatic heterocycles. The molecule has 2 aromatic carbocycles. The Morgan fingerprint density at radius 2 is 1.78 bits per heavy atom. The zero-order valence-electron chi connectivity index (χ0n) is 18.7. The van der Waals surface area contributed by atoms with Crippen LogP contribution in [-0.2, 0) is 9.59 Å². The molecule has 1 saturated heterocycles. The van der Waals surface area contributed by atoms with Gasteiger partial charge in [0, 0.05) is 11.6 Å². The quantitative estimate of drug-likeness (QED) is 0.405. The van der Waals surface area contributed by atoms with Crippen molar-refractivity contribution in [1.82, 2.24) is 4.90 Å². The van der Waals surface area contributed by atoms with Crippen molar-refractivity contribution in [2.24, 2.45) is 0 Å². The maximum absolute atomic E-state index is 15.0. The predicted molar refractivity (Wildman–Crippen MR) is 120 cm³/mol. The van der Waals surface area contributed by atoms with Crippen LogP contribution in [0.4, 0.5) is 4.39 Å². The fourth-order valence-electron chi connectivity index (χ4n) is 5.13. The highest BCUT2D eigenvalue weighted by atomic mass is 19.1. The number of hydrogen-bond acceptors (Lipinski definition) is 4. The Bertz CT molecular complexity index is 1100. The molecule has 0 spiro atoms. The zero-order chi connectivity index (χ0) is 23.0. The molecule has 1 aliphatic heterocycles. The summed E-state index contributed by atoms with van der Waals surface area (Å²) < 4.78 is 20.5. The van der Waals surface area contributed by atoms with Gasteiger partial charge in [-0.05, 0) is 49.9 Å². The lowest BCUT2D eigenvalue weighted by Gasteiger charge is -2.35. The summed E-state index contributed by atoms with van der Waals surface area (Å²) >= 11 is 0. The second-order valence-electron chi connectivity index (χ2n) is 8.68. The molecule has 0 radical (unpaired) electrons. The van der Waals surface area contributed by atoms with Crippen LogP contribution >= 0.6 is 0 Å². The zero-order valence-corrected chi connectivity index (χ0v) is 18.7. The monoisotopic (exact) mass is 437 g/mol. The van der Waals surface area contributed by atoms with E-state index in [2.05, 4.69) is 0 Å². The largest absolute Gasteiger partial charge is 0.507 e. The molecule has 0 bridgehead atoms. The van der Waals surface area contributed by atoms with Gasteiger partial charge in [-0.1, -0.05) is 43.5 Å². The summed E-state index contributed by atoms with van der Waals surface area (Å²) in [5, 5.41) is 11.4. The maximum Gasteiger partial charge on any atom is 0.295 e. The number of aliphatic hydroxyl groups is 1. The number of ketones is 1. The highest BCUT2D eigenvalue weighted by Crippen LogP contribution is 2.45. The molecule has 2 aliphatic rings. The Balaban J connectivity index is 1.96. The smallest absolute Gasteiger partial charge is 0.295 e. The minimum Gasteiger partial charge on any atom is -0.507 e. The molecule has 5 nitrogen and oxygen atoms in total. The van der Waals surface area contributed by atoms with E-state index in [0.717, 1.165) is 43.2 Å². The van der Waals surface area contributed by atoms with Crippen molar-refractivity contribution in [3.8, 4) is 5.75 Å². The van der Waals surface area contributed by atoms with Gasteiger partial charge in [0.2, 0.25) is 0 Å².